The van der Waals surface area contributed by atoms with Gasteiger partial charge < -0.3 is 9.47 Å². The number of ether oxygens (including phenoxy) is 2. The largest absolute Gasteiger partial charge is 0.490 e. The van der Waals surface area contributed by atoms with E-state index in [2.05, 4.69) is 5.32 Å². The Kier molecular flexibility index (Phi) is 8.31. The van der Waals surface area contributed by atoms with E-state index < -0.39 is 17.8 Å². The van der Waals surface area contributed by atoms with Crippen molar-refractivity contribution < 1.29 is 23.9 Å². The second-order valence-electron chi connectivity index (χ2n) is 8.53. The van der Waals surface area contributed by atoms with E-state index in [1.165, 1.54) is 29.8 Å². The zero-order valence-corrected chi connectivity index (χ0v) is 23.0. The Hall–Kier alpha value is -3.52. The lowest BCUT2D eigenvalue weighted by molar-refractivity contribution is -0.122. The highest BCUT2D eigenvalue weighted by Crippen LogP contribution is 2.38. The van der Waals surface area contributed by atoms with Crippen LogP contribution in [0.3, 0.4) is 0 Å². The van der Waals surface area contributed by atoms with E-state index >= 15 is 0 Å². The number of halogens is 3. The first-order valence-corrected chi connectivity index (χ1v) is 12.7. The summed E-state index contributed by atoms with van der Waals surface area (Å²) in [6.45, 7) is 6.47. The van der Waals surface area contributed by atoms with Crippen molar-refractivity contribution in [1.82, 2.24) is 5.32 Å². The van der Waals surface area contributed by atoms with Crippen molar-refractivity contribution in [3.63, 3.8) is 0 Å². The Morgan fingerprint density at radius 2 is 1.63 bits per heavy atom. The van der Waals surface area contributed by atoms with Crippen molar-refractivity contribution in [3.8, 4) is 11.5 Å². The number of imide groups is 2. The van der Waals surface area contributed by atoms with Gasteiger partial charge in [-0.2, -0.15) is 0 Å². The highest BCUT2D eigenvalue weighted by Gasteiger charge is 2.37. The Morgan fingerprint density at radius 3 is 2.32 bits per heavy atom. The lowest BCUT2D eigenvalue weighted by Crippen LogP contribution is -2.54. The van der Waals surface area contributed by atoms with E-state index in [4.69, 9.17) is 44.3 Å². The van der Waals surface area contributed by atoms with Crippen LogP contribution in [-0.2, 0) is 16.2 Å². The Morgan fingerprint density at radius 1 is 0.868 bits per heavy atom. The SMILES string of the molecule is CCOc1cc(/C=C2\C(=O)NC(=O)N(c3ccc(Cl)c(Cl)c3)C2=O)cc(Cl)c1OCc1ccc(C)c(C)c1. The summed E-state index contributed by atoms with van der Waals surface area (Å²) < 4.78 is 11.7. The maximum Gasteiger partial charge on any atom is 0.335 e. The maximum absolute atomic E-state index is 13.2. The van der Waals surface area contributed by atoms with Crippen LogP contribution in [0.5, 0.6) is 11.5 Å². The number of amides is 4. The first-order chi connectivity index (χ1) is 18.1. The number of hydrogen-bond donors (Lipinski definition) is 1. The molecule has 4 amide bonds. The van der Waals surface area contributed by atoms with Crippen LogP contribution in [-0.4, -0.2) is 24.5 Å². The van der Waals surface area contributed by atoms with Crippen LogP contribution in [0, 0.1) is 13.8 Å². The molecule has 1 aliphatic rings. The highest BCUT2D eigenvalue weighted by molar-refractivity contribution is 6.43. The molecule has 196 valence electrons. The fraction of sp³-hybridized carbons (Fsp3) is 0.179. The molecule has 1 fully saturated rings. The second-order valence-corrected chi connectivity index (χ2v) is 9.75. The molecule has 0 radical (unpaired) electrons. The molecule has 1 aliphatic heterocycles. The van der Waals surface area contributed by atoms with Crippen molar-refractivity contribution in [2.75, 3.05) is 11.5 Å². The number of anilines is 1. The van der Waals surface area contributed by atoms with Gasteiger partial charge in [0, 0.05) is 0 Å². The Bertz CT molecular complexity index is 1490. The number of aryl methyl sites for hydroxylation is 2. The number of urea groups is 1. The molecule has 4 rings (SSSR count). The lowest BCUT2D eigenvalue weighted by atomic mass is 10.1. The van der Waals surface area contributed by atoms with E-state index in [-0.39, 0.29) is 32.9 Å². The number of carbonyl (C=O) groups is 3. The first-order valence-electron chi connectivity index (χ1n) is 11.6. The number of nitrogens with one attached hydrogen (secondary N) is 1. The summed E-state index contributed by atoms with van der Waals surface area (Å²) in [6, 6.07) is 12.5. The van der Waals surface area contributed by atoms with Gasteiger partial charge >= 0.3 is 6.03 Å². The van der Waals surface area contributed by atoms with Gasteiger partial charge in [-0.05, 0) is 79.4 Å². The molecule has 10 heteroatoms. The third-order valence-electron chi connectivity index (χ3n) is 5.86. The van der Waals surface area contributed by atoms with Crippen molar-refractivity contribution in [2.45, 2.75) is 27.4 Å². The van der Waals surface area contributed by atoms with Gasteiger partial charge in [-0.1, -0.05) is 53.0 Å². The van der Waals surface area contributed by atoms with Crippen LogP contribution in [0.2, 0.25) is 15.1 Å². The number of hydrogen-bond acceptors (Lipinski definition) is 5. The van der Waals surface area contributed by atoms with Crippen LogP contribution in [0.25, 0.3) is 6.08 Å². The van der Waals surface area contributed by atoms with Crippen molar-refractivity contribution >= 4 is 64.4 Å². The summed E-state index contributed by atoms with van der Waals surface area (Å²) >= 11 is 18.6. The van der Waals surface area contributed by atoms with Gasteiger partial charge in [-0.25, -0.2) is 9.69 Å². The average Bonchev–Trinajstić information content (AvgIpc) is 2.85. The third-order valence-corrected chi connectivity index (χ3v) is 6.88. The summed E-state index contributed by atoms with van der Waals surface area (Å²) in [6.07, 6.45) is 1.33. The van der Waals surface area contributed by atoms with Crippen LogP contribution in [0.1, 0.15) is 29.2 Å². The molecule has 0 aromatic heterocycles. The maximum atomic E-state index is 13.2. The Labute approximate surface area is 234 Å². The topological polar surface area (TPSA) is 84.9 Å². The molecule has 1 saturated heterocycles. The average molecular weight is 574 g/mol. The molecular weight excluding hydrogens is 551 g/mol. The van der Waals surface area contributed by atoms with Gasteiger partial charge in [-0.3, -0.25) is 14.9 Å². The molecular formula is C28H23Cl3N2O5. The predicted molar refractivity (Wildman–Crippen MR) is 148 cm³/mol. The molecule has 7 nitrogen and oxygen atoms in total. The minimum absolute atomic E-state index is 0.150. The van der Waals surface area contributed by atoms with Crippen LogP contribution < -0.4 is 19.7 Å². The van der Waals surface area contributed by atoms with Crippen LogP contribution in [0.15, 0.2) is 54.1 Å². The minimum Gasteiger partial charge on any atom is -0.490 e. The van der Waals surface area contributed by atoms with Gasteiger partial charge in [0.2, 0.25) is 0 Å². The zero-order chi connectivity index (χ0) is 27.6. The lowest BCUT2D eigenvalue weighted by Gasteiger charge is -2.26. The van der Waals surface area contributed by atoms with E-state index in [9.17, 15) is 14.4 Å². The molecule has 0 saturated carbocycles. The normalized spacial score (nSPS) is 14.6. The summed E-state index contributed by atoms with van der Waals surface area (Å²) in [5, 5.41) is 2.80. The summed E-state index contributed by atoms with van der Waals surface area (Å²) in [7, 11) is 0. The monoisotopic (exact) mass is 572 g/mol. The fourth-order valence-corrected chi connectivity index (χ4v) is 4.37. The molecule has 0 unspecified atom stereocenters. The van der Waals surface area contributed by atoms with Gasteiger partial charge in [0.25, 0.3) is 11.8 Å². The highest BCUT2D eigenvalue weighted by atomic mass is 35.5. The molecule has 0 atom stereocenters. The van der Waals surface area contributed by atoms with Crippen molar-refractivity contribution in [3.05, 3.63) is 91.4 Å². The van der Waals surface area contributed by atoms with Crippen LogP contribution >= 0.6 is 34.8 Å². The molecule has 1 N–H and O–H groups in total. The van der Waals surface area contributed by atoms with Crippen molar-refractivity contribution in [1.29, 1.82) is 0 Å². The molecule has 3 aromatic rings. The quantitative estimate of drug-likeness (QED) is 0.245. The van der Waals surface area contributed by atoms with Gasteiger partial charge in [0.1, 0.15) is 12.2 Å². The summed E-state index contributed by atoms with van der Waals surface area (Å²) in [4.78, 5) is 39.1. The molecule has 3 aromatic carbocycles. The number of rotatable bonds is 7. The van der Waals surface area contributed by atoms with E-state index in [1.54, 1.807) is 12.1 Å². The van der Waals surface area contributed by atoms with Gasteiger partial charge in [-0.15, -0.1) is 0 Å². The molecule has 38 heavy (non-hydrogen) atoms. The fourth-order valence-electron chi connectivity index (χ4n) is 3.81. The summed E-state index contributed by atoms with van der Waals surface area (Å²) in [5.74, 6) is -1.00. The smallest absolute Gasteiger partial charge is 0.335 e. The minimum atomic E-state index is -0.904. The van der Waals surface area contributed by atoms with Gasteiger partial charge in [0.05, 0.1) is 27.4 Å². The number of barbiturate groups is 1. The van der Waals surface area contributed by atoms with Gasteiger partial charge in [0.15, 0.2) is 11.5 Å². The third kappa shape index (κ3) is 5.80. The standard InChI is InChI=1S/C28H23Cl3N2O5/c1-4-37-24-12-18(11-23(31)25(24)38-14-17-6-5-15(2)16(3)9-17)10-20-26(34)32-28(36)33(27(20)35)19-7-8-21(29)22(30)13-19/h5-13H,4,14H2,1-3H3,(H,32,34,36)/b20-10+. The molecule has 0 spiro atoms. The zero-order valence-electron chi connectivity index (χ0n) is 20.7. The van der Waals surface area contributed by atoms with E-state index in [0.29, 0.717) is 23.7 Å². The molecule has 0 bridgehead atoms. The summed E-state index contributed by atoms with van der Waals surface area (Å²) in [5.41, 5.74) is 3.57. The first kappa shape index (κ1) is 27.5. The Balaban J connectivity index is 1.66. The number of carbonyl (C=O) groups excluding carboxylic acids is 3. The van der Waals surface area contributed by atoms with Crippen LogP contribution in [0.4, 0.5) is 10.5 Å². The predicted octanol–water partition coefficient (Wildman–Crippen LogP) is 6.91. The second kappa shape index (κ2) is 11.5. The number of nitrogens with zero attached hydrogens (tertiary/aromatic N) is 1. The van der Waals surface area contributed by atoms with Crippen molar-refractivity contribution in [2.24, 2.45) is 0 Å². The molecule has 1 heterocycles. The number of benzene rings is 3. The van der Waals surface area contributed by atoms with E-state index in [0.717, 1.165) is 16.0 Å². The van der Waals surface area contributed by atoms with E-state index in [1.807, 2.05) is 39.0 Å². The molecule has 0 aliphatic carbocycles.